The zero-order chi connectivity index (χ0) is 15.7. The van der Waals surface area contributed by atoms with Gasteiger partial charge in [0.2, 0.25) is 10.0 Å². The number of hydrogen-bond acceptors (Lipinski definition) is 4. The van der Waals surface area contributed by atoms with Gasteiger partial charge in [0.25, 0.3) is 5.91 Å². The standard InChI is InChI=1S/C12H17BrN2O4S/c1-12(2,3)15-11(16)7-5-8(13)10(19-4)9(6-7)20(14,17)18/h5-6H,1-4H3,(H,15,16)(H2,14,17,18). The van der Waals surface area contributed by atoms with Gasteiger partial charge in [0.1, 0.15) is 4.90 Å². The Hall–Kier alpha value is -1.12. The van der Waals surface area contributed by atoms with Crippen LogP contribution in [0.15, 0.2) is 21.5 Å². The highest BCUT2D eigenvalue weighted by Gasteiger charge is 2.23. The number of rotatable bonds is 3. The molecule has 20 heavy (non-hydrogen) atoms. The van der Waals surface area contributed by atoms with Crippen LogP contribution < -0.4 is 15.2 Å². The minimum Gasteiger partial charge on any atom is -0.494 e. The van der Waals surface area contributed by atoms with Crippen LogP contribution in [0.4, 0.5) is 0 Å². The molecule has 0 unspecified atom stereocenters. The molecule has 0 saturated heterocycles. The van der Waals surface area contributed by atoms with Crippen LogP contribution in [0.5, 0.6) is 5.75 Å². The number of halogens is 1. The summed E-state index contributed by atoms with van der Waals surface area (Å²) in [5.41, 5.74) is -0.262. The number of ether oxygens (including phenoxy) is 1. The fourth-order valence-electron chi connectivity index (χ4n) is 1.52. The van der Waals surface area contributed by atoms with E-state index in [1.807, 2.05) is 20.8 Å². The van der Waals surface area contributed by atoms with E-state index in [4.69, 9.17) is 9.88 Å². The van der Waals surface area contributed by atoms with Gasteiger partial charge >= 0.3 is 0 Å². The number of amides is 1. The molecule has 6 nitrogen and oxygen atoms in total. The topological polar surface area (TPSA) is 98.5 Å². The van der Waals surface area contributed by atoms with Gasteiger partial charge in [0.15, 0.2) is 5.75 Å². The lowest BCUT2D eigenvalue weighted by molar-refractivity contribution is 0.0919. The van der Waals surface area contributed by atoms with Crippen molar-refractivity contribution in [3.63, 3.8) is 0 Å². The Morgan fingerprint density at radius 2 is 1.90 bits per heavy atom. The fraction of sp³-hybridized carbons (Fsp3) is 0.417. The second kappa shape index (κ2) is 5.71. The largest absolute Gasteiger partial charge is 0.494 e. The first kappa shape index (κ1) is 16.9. The first-order chi connectivity index (χ1) is 8.95. The van der Waals surface area contributed by atoms with Crippen LogP contribution in [-0.4, -0.2) is 27.0 Å². The molecule has 0 saturated carbocycles. The predicted octanol–water partition coefficient (Wildman–Crippen LogP) is 1.63. The summed E-state index contributed by atoms with van der Waals surface area (Å²) in [6, 6.07) is 2.68. The molecule has 1 aromatic rings. The predicted molar refractivity (Wildman–Crippen MR) is 79.3 cm³/mol. The maximum atomic E-state index is 12.1. The monoisotopic (exact) mass is 364 g/mol. The van der Waals surface area contributed by atoms with Crippen LogP contribution in [0, 0.1) is 0 Å². The molecule has 0 radical (unpaired) electrons. The highest BCUT2D eigenvalue weighted by Crippen LogP contribution is 2.33. The third kappa shape index (κ3) is 4.19. The average molecular weight is 365 g/mol. The molecule has 0 atom stereocenters. The number of nitrogens with one attached hydrogen (secondary N) is 1. The first-order valence-electron chi connectivity index (χ1n) is 5.68. The smallest absolute Gasteiger partial charge is 0.251 e. The zero-order valence-corrected chi connectivity index (χ0v) is 14.1. The lowest BCUT2D eigenvalue weighted by Gasteiger charge is -2.21. The molecule has 0 aliphatic rings. The summed E-state index contributed by atoms with van der Waals surface area (Å²) >= 11 is 3.17. The number of carbonyl (C=O) groups excluding carboxylic acids is 1. The average Bonchev–Trinajstić information content (AvgIpc) is 2.24. The van der Waals surface area contributed by atoms with Crippen molar-refractivity contribution in [3.05, 3.63) is 22.2 Å². The molecule has 0 aliphatic heterocycles. The van der Waals surface area contributed by atoms with Gasteiger partial charge in [-0.3, -0.25) is 4.79 Å². The van der Waals surface area contributed by atoms with Crippen molar-refractivity contribution in [1.82, 2.24) is 5.32 Å². The minimum atomic E-state index is -4.00. The molecule has 0 spiro atoms. The van der Waals surface area contributed by atoms with E-state index < -0.39 is 21.5 Å². The van der Waals surface area contributed by atoms with Gasteiger partial charge in [-0.1, -0.05) is 0 Å². The van der Waals surface area contributed by atoms with E-state index >= 15 is 0 Å². The molecular weight excluding hydrogens is 348 g/mol. The molecule has 1 aromatic carbocycles. The van der Waals surface area contributed by atoms with E-state index in [1.165, 1.54) is 19.2 Å². The number of methoxy groups -OCH3 is 1. The van der Waals surface area contributed by atoms with Gasteiger partial charge in [0.05, 0.1) is 11.6 Å². The molecular formula is C12H17BrN2O4S. The van der Waals surface area contributed by atoms with Gasteiger partial charge < -0.3 is 10.1 Å². The van der Waals surface area contributed by atoms with Gasteiger partial charge in [0, 0.05) is 11.1 Å². The molecule has 0 aliphatic carbocycles. The zero-order valence-electron chi connectivity index (χ0n) is 11.7. The van der Waals surface area contributed by atoms with Crippen molar-refractivity contribution in [3.8, 4) is 5.75 Å². The third-order valence-corrected chi connectivity index (χ3v) is 3.78. The van der Waals surface area contributed by atoms with Crippen molar-refractivity contribution >= 4 is 31.9 Å². The van der Waals surface area contributed by atoms with E-state index in [-0.39, 0.29) is 16.2 Å². The number of benzene rings is 1. The number of nitrogens with two attached hydrogens (primary N) is 1. The normalized spacial score (nSPS) is 12.1. The molecule has 3 N–H and O–H groups in total. The summed E-state index contributed by atoms with van der Waals surface area (Å²) in [7, 11) is -2.68. The highest BCUT2D eigenvalue weighted by molar-refractivity contribution is 9.10. The molecule has 1 amide bonds. The van der Waals surface area contributed by atoms with Gasteiger partial charge in [-0.05, 0) is 48.8 Å². The molecule has 112 valence electrons. The van der Waals surface area contributed by atoms with Crippen molar-refractivity contribution < 1.29 is 17.9 Å². The van der Waals surface area contributed by atoms with Gasteiger partial charge in [-0.2, -0.15) is 0 Å². The highest BCUT2D eigenvalue weighted by atomic mass is 79.9. The van der Waals surface area contributed by atoms with Crippen molar-refractivity contribution in [2.24, 2.45) is 5.14 Å². The van der Waals surface area contributed by atoms with Crippen molar-refractivity contribution in [2.75, 3.05) is 7.11 Å². The Morgan fingerprint density at radius 1 is 1.35 bits per heavy atom. The third-order valence-electron chi connectivity index (χ3n) is 2.27. The van der Waals surface area contributed by atoms with E-state index in [2.05, 4.69) is 21.2 Å². The molecule has 0 heterocycles. The second-order valence-electron chi connectivity index (χ2n) is 5.24. The Morgan fingerprint density at radius 3 is 2.30 bits per heavy atom. The fourth-order valence-corrected chi connectivity index (χ4v) is 3.02. The van der Waals surface area contributed by atoms with Crippen molar-refractivity contribution in [2.45, 2.75) is 31.2 Å². The maximum absolute atomic E-state index is 12.1. The number of carbonyl (C=O) groups is 1. The van der Waals surface area contributed by atoms with E-state index in [0.29, 0.717) is 4.47 Å². The van der Waals surface area contributed by atoms with E-state index in [0.717, 1.165) is 0 Å². The lowest BCUT2D eigenvalue weighted by Crippen LogP contribution is -2.40. The Balaban J connectivity index is 3.39. The van der Waals surface area contributed by atoms with Crippen LogP contribution in [0.2, 0.25) is 0 Å². The number of primary sulfonamides is 1. The van der Waals surface area contributed by atoms with Crippen LogP contribution in [-0.2, 0) is 10.0 Å². The Kier molecular flexibility index (Phi) is 4.83. The van der Waals surface area contributed by atoms with Gasteiger partial charge in [-0.25, -0.2) is 13.6 Å². The second-order valence-corrected chi connectivity index (χ2v) is 7.62. The summed E-state index contributed by atoms with van der Waals surface area (Å²) in [5.74, 6) is -0.328. The van der Waals surface area contributed by atoms with E-state index in [1.54, 1.807) is 0 Å². The number of sulfonamides is 1. The number of hydrogen-bond donors (Lipinski definition) is 2. The van der Waals surface area contributed by atoms with Crippen molar-refractivity contribution in [1.29, 1.82) is 0 Å². The Labute approximate surface area is 126 Å². The Bertz CT molecular complexity index is 636. The minimum absolute atomic E-state index is 0.0693. The van der Waals surface area contributed by atoms with E-state index in [9.17, 15) is 13.2 Å². The van der Waals surface area contributed by atoms with Crippen LogP contribution in [0.25, 0.3) is 0 Å². The lowest BCUT2D eigenvalue weighted by atomic mass is 10.1. The van der Waals surface area contributed by atoms with Gasteiger partial charge in [-0.15, -0.1) is 0 Å². The first-order valence-corrected chi connectivity index (χ1v) is 8.02. The summed E-state index contributed by atoms with van der Waals surface area (Å²) in [6.07, 6.45) is 0. The summed E-state index contributed by atoms with van der Waals surface area (Å²) < 4.78 is 28.5. The SMILES string of the molecule is COc1c(Br)cc(C(=O)NC(C)(C)C)cc1S(N)(=O)=O. The van der Waals surface area contributed by atoms with Crippen LogP contribution in [0.3, 0.4) is 0 Å². The molecule has 1 rings (SSSR count). The quantitative estimate of drug-likeness (QED) is 0.851. The summed E-state index contributed by atoms with van der Waals surface area (Å²) in [5, 5.41) is 7.88. The summed E-state index contributed by atoms with van der Waals surface area (Å²) in [6.45, 7) is 5.47. The summed E-state index contributed by atoms with van der Waals surface area (Å²) in [4.78, 5) is 11.8. The molecule has 0 aromatic heterocycles. The van der Waals surface area contributed by atoms with Crippen LogP contribution in [0.1, 0.15) is 31.1 Å². The molecule has 0 bridgehead atoms. The molecule has 8 heteroatoms. The molecule has 0 fully saturated rings. The maximum Gasteiger partial charge on any atom is 0.251 e. The van der Waals surface area contributed by atoms with Crippen LogP contribution >= 0.6 is 15.9 Å².